The minimum absolute atomic E-state index is 0.0363. The number of rotatable bonds is 5. The van der Waals surface area contributed by atoms with Gasteiger partial charge in [0.1, 0.15) is 12.4 Å². The largest absolute Gasteiger partial charge is 0.416 e. The number of thioether (sulfide) groups is 1. The Kier molecular flexibility index (Phi) is 7.91. The number of halogens is 4. The van der Waals surface area contributed by atoms with Crippen molar-refractivity contribution in [3.63, 3.8) is 0 Å². The quantitative estimate of drug-likeness (QED) is 0.168. The number of alkyl halides is 3. The summed E-state index contributed by atoms with van der Waals surface area (Å²) in [4.78, 5) is 56.6. The number of anilines is 2. The molecule has 7 nitrogen and oxygen atoms in total. The lowest BCUT2D eigenvalue weighted by atomic mass is 9.68. The molecule has 2 aliphatic carbocycles. The van der Waals surface area contributed by atoms with E-state index in [1.165, 1.54) is 57.6 Å². The van der Waals surface area contributed by atoms with E-state index in [-0.39, 0.29) is 56.7 Å². The van der Waals surface area contributed by atoms with E-state index in [0.717, 1.165) is 39.5 Å². The second kappa shape index (κ2) is 11.9. The minimum Gasteiger partial charge on any atom is -0.325 e. The van der Waals surface area contributed by atoms with Crippen molar-refractivity contribution >= 4 is 52.2 Å². The maximum absolute atomic E-state index is 14.0. The Bertz CT molecular complexity index is 2140. The molecule has 4 aliphatic rings. The first-order valence-corrected chi connectivity index (χ1v) is 18.4. The van der Waals surface area contributed by atoms with Gasteiger partial charge in [0.15, 0.2) is 0 Å². The third-order valence-corrected chi connectivity index (χ3v) is 13.7. The molecule has 1 N–H and O–H groups in total. The molecule has 0 radical (unpaired) electrons. The van der Waals surface area contributed by atoms with Crippen molar-refractivity contribution in [3.8, 4) is 0 Å². The molecule has 4 aromatic rings. The number of carbonyl (C=O) groups is 3. The number of hydrogen-bond acceptors (Lipinski definition) is 6. The van der Waals surface area contributed by atoms with E-state index in [2.05, 4.69) is 50.4 Å². The van der Waals surface area contributed by atoms with Gasteiger partial charge in [-0.2, -0.15) is 13.2 Å². The van der Waals surface area contributed by atoms with Crippen LogP contribution in [0.2, 0.25) is 0 Å². The average molecular weight is 736 g/mol. The number of benzene rings is 3. The predicted octanol–water partition coefficient (Wildman–Crippen LogP) is 7.68. The van der Waals surface area contributed by atoms with E-state index in [4.69, 9.17) is 0 Å². The van der Waals surface area contributed by atoms with E-state index in [1.54, 1.807) is 0 Å². The van der Waals surface area contributed by atoms with Crippen LogP contribution in [0.15, 0.2) is 82.6 Å². The van der Waals surface area contributed by atoms with Gasteiger partial charge in [0.2, 0.25) is 17.7 Å². The van der Waals surface area contributed by atoms with Gasteiger partial charge < -0.3 is 5.32 Å². The number of aromatic nitrogens is 1. The van der Waals surface area contributed by atoms with Crippen molar-refractivity contribution in [1.82, 2.24) is 4.57 Å². The summed E-state index contributed by atoms with van der Waals surface area (Å²) in [5.41, 5.74) is 1.40. The van der Waals surface area contributed by atoms with Gasteiger partial charge in [0, 0.05) is 21.7 Å². The lowest BCUT2D eigenvalue weighted by molar-refractivity contribution is -0.137. The highest BCUT2D eigenvalue weighted by atomic mass is 32.2. The van der Waals surface area contributed by atoms with Crippen LogP contribution < -0.4 is 15.1 Å². The van der Waals surface area contributed by atoms with Crippen molar-refractivity contribution in [1.29, 1.82) is 0 Å². The SMILES string of the molecule is CC(C)(C)c1ccc(C2c3sc(=O)n(CC(=O)Nc4cccc(C(F)(F)F)c4)c3SC3C4CC(C5C(=O)N(c6ccc(F)cc6)C(=O)C45)C23)cc1. The van der Waals surface area contributed by atoms with Crippen molar-refractivity contribution in [2.24, 2.45) is 29.6 Å². The van der Waals surface area contributed by atoms with Crippen LogP contribution in [0.4, 0.5) is 28.9 Å². The van der Waals surface area contributed by atoms with Crippen LogP contribution in [0.3, 0.4) is 0 Å². The second-order valence-electron chi connectivity index (χ2n) is 14.9. The molecule has 2 bridgehead atoms. The first-order valence-electron chi connectivity index (χ1n) is 16.7. The summed E-state index contributed by atoms with van der Waals surface area (Å²) >= 11 is 2.51. The molecule has 1 aromatic heterocycles. The van der Waals surface area contributed by atoms with Gasteiger partial charge in [-0.05, 0) is 83.2 Å². The third-order valence-electron chi connectivity index (χ3n) is 10.9. The monoisotopic (exact) mass is 735 g/mol. The van der Waals surface area contributed by atoms with Gasteiger partial charge in [-0.3, -0.25) is 28.6 Å². The fourth-order valence-electron chi connectivity index (χ4n) is 8.78. The molecule has 8 rings (SSSR count). The van der Waals surface area contributed by atoms with Gasteiger partial charge in [-0.25, -0.2) is 4.39 Å². The maximum atomic E-state index is 14.0. The van der Waals surface area contributed by atoms with Crippen LogP contribution in [-0.4, -0.2) is 27.5 Å². The Morgan fingerprint density at radius 2 is 1.55 bits per heavy atom. The standard InChI is InChI=1S/C38H33F4N3O4S2/c1-37(2,3)19-9-7-18(8-10-19)27-28-24-16-25(30-29(24)33(47)45(34(30)48)23-13-11-21(39)12-14-23)31(28)50-35-32(27)51-36(49)44(35)17-26(46)43-22-6-4-5-20(15-22)38(40,41)42/h4-15,24-25,27-31H,16-17H2,1-3H3,(H,43,46). The molecule has 264 valence electrons. The van der Waals surface area contributed by atoms with Crippen molar-refractivity contribution in [3.05, 3.63) is 110 Å². The molecule has 13 heteroatoms. The number of thiazole rings is 1. The van der Waals surface area contributed by atoms with Crippen LogP contribution in [0.1, 0.15) is 54.7 Å². The topological polar surface area (TPSA) is 88.5 Å². The summed E-state index contributed by atoms with van der Waals surface area (Å²) < 4.78 is 55.1. The normalized spacial score (nSPS) is 26.6. The zero-order valence-corrected chi connectivity index (χ0v) is 29.4. The van der Waals surface area contributed by atoms with Crippen LogP contribution in [0.5, 0.6) is 0 Å². The Balaban J connectivity index is 1.17. The van der Waals surface area contributed by atoms with E-state index >= 15 is 0 Å². The Morgan fingerprint density at radius 3 is 2.20 bits per heavy atom. The Hall–Kier alpha value is -4.23. The van der Waals surface area contributed by atoms with Gasteiger partial charge in [0.25, 0.3) is 0 Å². The average Bonchev–Trinajstić information content (AvgIpc) is 3.79. The molecule has 51 heavy (non-hydrogen) atoms. The molecule has 3 fully saturated rings. The Labute approximate surface area is 299 Å². The number of carbonyl (C=O) groups excluding carboxylic acids is 3. The van der Waals surface area contributed by atoms with Gasteiger partial charge in [-0.1, -0.05) is 62.4 Å². The van der Waals surface area contributed by atoms with Crippen molar-refractivity contribution in [2.45, 2.75) is 61.5 Å². The van der Waals surface area contributed by atoms with Crippen LogP contribution in [-0.2, 0) is 32.5 Å². The molecular formula is C38H33F4N3O4S2. The highest BCUT2D eigenvalue weighted by molar-refractivity contribution is 8.00. The molecule has 3 heterocycles. The Morgan fingerprint density at radius 1 is 0.882 bits per heavy atom. The summed E-state index contributed by atoms with van der Waals surface area (Å²) in [6.07, 6.45) is -3.92. The molecule has 2 saturated carbocycles. The van der Waals surface area contributed by atoms with E-state index < -0.39 is 41.8 Å². The molecule has 7 unspecified atom stereocenters. The van der Waals surface area contributed by atoms with Crippen molar-refractivity contribution in [2.75, 3.05) is 10.2 Å². The molecule has 3 aromatic carbocycles. The number of fused-ring (bicyclic) bond motifs is 9. The van der Waals surface area contributed by atoms with Crippen LogP contribution >= 0.6 is 23.1 Å². The highest BCUT2D eigenvalue weighted by Gasteiger charge is 2.69. The fourth-order valence-corrected chi connectivity index (χ4v) is 11.9. The van der Waals surface area contributed by atoms with E-state index in [0.29, 0.717) is 17.1 Å². The lowest BCUT2D eigenvalue weighted by Gasteiger charge is -2.43. The molecule has 7 atom stereocenters. The van der Waals surface area contributed by atoms with Crippen LogP contribution in [0, 0.1) is 35.4 Å². The molecular weight excluding hydrogens is 703 g/mol. The second-order valence-corrected chi connectivity index (χ2v) is 17.0. The number of nitrogens with one attached hydrogen (secondary N) is 1. The van der Waals surface area contributed by atoms with Crippen molar-refractivity contribution < 1.29 is 31.9 Å². The number of nitrogens with zero attached hydrogens (tertiary/aromatic N) is 2. The van der Waals surface area contributed by atoms with Gasteiger partial charge >= 0.3 is 11.0 Å². The summed E-state index contributed by atoms with van der Waals surface area (Å²) in [7, 11) is 0. The van der Waals surface area contributed by atoms with E-state index in [1.807, 2.05) is 0 Å². The maximum Gasteiger partial charge on any atom is 0.416 e. The van der Waals surface area contributed by atoms with Gasteiger partial charge in [-0.15, -0.1) is 11.8 Å². The minimum atomic E-state index is -4.58. The molecule has 3 amide bonds. The zero-order chi connectivity index (χ0) is 36.1. The first-order chi connectivity index (χ1) is 24.1. The van der Waals surface area contributed by atoms with E-state index in [9.17, 15) is 36.7 Å². The number of hydrogen-bond donors (Lipinski definition) is 1. The third kappa shape index (κ3) is 5.54. The fraction of sp³-hybridized carbons (Fsp3) is 0.368. The number of imide groups is 1. The smallest absolute Gasteiger partial charge is 0.325 e. The zero-order valence-electron chi connectivity index (χ0n) is 27.7. The summed E-state index contributed by atoms with van der Waals surface area (Å²) in [6.45, 7) is 5.96. The molecule has 2 aliphatic heterocycles. The summed E-state index contributed by atoms with van der Waals surface area (Å²) in [5.74, 6) is -3.49. The van der Waals surface area contributed by atoms with Crippen LogP contribution in [0.25, 0.3) is 0 Å². The summed E-state index contributed by atoms with van der Waals surface area (Å²) in [5, 5.41) is 2.97. The summed E-state index contributed by atoms with van der Waals surface area (Å²) in [6, 6.07) is 17.9. The van der Waals surface area contributed by atoms with Gasteiger partial charge in [0.05, 0.1) is 28.1 Å². The first kappa shape index (κ1) is 33.9. The molecule has 0 spiro atoms. The highest BCUT2D eigenvalue weighted by Crippen LogP contribution is 2.69. The lowest BCUT2D eigenvalue weighted by Crippen LogP contribution is -2.43. The molecule has 1 saturated heterocycles. The predicted molar refractivity (Wildman–Crippen MR) is 186 cm³/mol. The number of amides is 3.